The summed E-state index contributed by atoms with van der Waals surface area (Å²) in [6.07, 6.45) is 0. The maximum atomic E-state index is 12.8. The number of carbonyl (C=O) groups is 1. The Labute approximate surface area is 167 Å². The minimum atomic E-state index is -0.0691. The van der Waals surface area contributed by atoms with Crippen molar-refractivity contribution in [2.75, 3.05) is 39.3 Å². The zero-order chi connectivity index (χ0) is 19.2. The number of nitrogens with zero attached hydrogens (tertiary/aromatic N) is 2. The van der Waals surface area contributed by atoms with Crippen LogP contribution in [0.3, 0.4) is 0 Å². The first-order chi connectivity index (χ1) is 13.0. The van der Waals surface area contributed by atoms with Crippen molar-refractivity contribution < 1.29 is 4.79 Å². The maximum absolute atomic E-state index is 12.8. The van der Waals surface area contributed by atoms with Crippen LogP contribution in [0.2, 0.25) is 0 Å². The van der Waals surface area contributed by atoms with Gasteiger partial charge in [-0.25, -0.2) is 0 Å². The van der Waals surface area contributed by atoms with Gasteiger partial charge < -0.3 is 10.2 Å². The molecule has 1 amide bonds. The first-order valence-electron chi connectivity index (χ1n) is 9.85. The lowest BCUT2D eigenvalue weighted by molar-refractivity contribution is -0.123. The van der Waals surface area contributed by atoms with Gasteiger partial charge in [-0.15, -0.1) is 11.3 Å². The van der Waals surface area contributed by atoms with Crippen molar-refractivity contribution in [2.45, 2.75) is 26.8 Å². The van der Waals surface area contributed by atoms with Crippen LogP contribution in [0, 0.1) is 12.8 Å². The molecule has 0 saturated carbocycles. The molecule has 0 aliphatic carbocycles. The van der Waals surface area contributed by atoms with Gasteiger partial charge in [0.2, 0.25) is 5.91 Å². The monoisotopic (exact) mass is 385 g/mol. The van der Waals surface area contributed by atoms with Crippen LogP contribution in [0.25, 0.3) is 0 Å². The third kappa shape index (κ3) is 5.89. The molecule has 1 aromatic carbocycles. The predicted molar refractivity (Wildman–Crippen MR) is 113 cm³/mol. The third-order valence-electron chi connectivity index (χ3n) is 5.00. The molecule has 3 rings (SSSR count). The molecule has 2 heterocycles. The highest BCUT2D eigenvalue weighted by atomic mass is 32.1. The second kappa shape index (κ2) is 9.49. The van der Waals surface area contributed by atoms with E-state index in [0.717, 1.165) is 38.3 Å². The van der Waals surface area contributed by atoms with Gasteiger partial charge in [-0.1, -0.05) is 49.7 Å². The molecule has 5 heteroatoms. The minimum absolute atomic E-state index is 0.0691. The van der Waals surface area contributed by atoms with Crippen LogP contribution >= 0.6 is 11.3 Å². The average molecular weight is 386 g/mol. The zero-order valence-electron chi connectivity index (χ0n) is 16.6. The first kappa shape index (κ1) is 20.1. The van der Waals surface area contributed by atoms with Crippen molar-refractivity contribution >= 4 is 17.2 Å². The van der Waals surface area contributed by atoms with Gasteiger partial charge in [-0.3, -0.25) is 9.69 Å². The molecule has 146 valence electrons. The number of hydrogen-bond donors (Lipinski definition) is 1. The Bertz CT molecular complexity index is 704. The largest absolute Gasteiger partial charge is 0.343 e. The van der Waals surface area contributed by atoms with Crippen molar-refractivity contribution in [2.24, 2.45) is 5.92 Å². The predicted octanol–water partition coefficient (Wildman–Crippen LogP) is 3.54. The highest BCUT2D eigenvalue weighted by molar-refractivity contribution is 7.10. The van der Waals surface area contributed by atoms with E-state index < -0.39 is 0 Å². The van der Waals surface area contributed by atoms with Crippen LogP contribution in [0.5, 0.6) is 0 Å². The summed E-state index contributed by atoms with van der Waals surface area (Å²) in [5, 5.41) is 5.33. The molecule has 1 aromatic heterocycles. The smallest absolute Gasteiger partial charge is 0.234 e. The Kier molecular flexibility index (Phi) is 7.05. The van der Waals surface area contributed by atoms with Crippen LogP contribution in [0.1, 0.15) is 35.9 Å². The Morgan fingerprint density at radius 3 is 2.33 bits per heavy atom. The lowest BCUT2D eigenvalue weighted by Crippen LogP contribution is -2.50. The number of rotatable bonds is 7. The van der Waals surface area contributed by atoms with Gasteiger partial charge in [-0.2, -0.15) is 0 Å². The van der Waals surface area contributed by atoms with E-state index in [-0.39, 0.29) is 11.9 Å². The summed E-state index contributed by atoms with van der Waals surface area (Å²) >= 11 is 1.69. The van der Waals surface area contributed by atoms with Gasteiger partial charge in [-0.05, 0) is 29.9 Å². The number of benzene rings is 1. The van der Waals surface area contributed by atoms with Crippen LogP contribution in [-0.4, -0.2) is 55.0 Å². The number of amides is 1. The summed E-state index contributed by atoms with van der Waals surface area (Å²) in [5.74, 6) is 0.798. The Morgan fingerprint density at radius 2 is 1.74 bits per heavy atom. The fourth-order valence-electron chi connectivity index (χ4n) is 3.59. The van der Waals surface area contributed by atoms with Crippen molar-refractivity contribution in [1.82, 2.24) is 15.1 Å². The molecule has 0 spiro atoms. The SMILES string of the molecule is Cc1ccc(C(NC(=O)CN2CCN(CC(C)C)CC2)c2cccs2)cc1. The molecule has 27 heavy (non-hydrogen) atoms. The van der Waals surface area contributed by atoms with E-state index in [4.69, 9.17) is 0 Å². The summed E-state index contributed by atoms with van der Waals surface area (Å²) in [6.45, 7) is 12.3. The number of aryl methyl sites for hydroxylation is 1. The summed E-state index contributed by atoms with van der Waals surface area (Å²) in [7, 11) is 0. The summed E-state index contributed by atoms with van der Waals surface area (Å²) in [4.78, 5) is 18.7. The Hall–Kier alpha value is -1.69. The summed E-state index contributed by atoms with van der Waals surface area (Å²) < 4.78 is 0. The molecule has 1 unspecified atom stereocenters. The molecule has 1 aliphatic heterocycles. The van der Waals surface area contributed by atoms with Crippen molar-refractivity contribution in [3.63, 3.8) is 0 Å². The number of piperazine rings is 1. The second-order valence-corrected chi connectivity index (χ2v) is 8.88. The molecule has 1 saturated heterocycles. The van der Waals surface area contributed by atoms with E-state index in [2.05, 4.69) is 71.6 Å². The van der Waals surface area contributed by atoms with E-state index in [0.29, 0.717) is 12.5 Å². The third-order valence-corrected chi connectivity index (χ3v) is 5.94. The lowest BCUT2D eigenvalue weighted by atomic mass is 10.0. The molecular weight excluding hydrogens is 354 g/mol. The molecule has 1 aliphatic rings. The van der Waals surface area contributed by atoms with E-state index in [9.17, 15) is 4.79 Å². The van der Waals surface area contributed by atoms with Gasteiger partial charge >= 0.3 is 0 Å². The van der Waals surface area contributed by atoms with E-state index in [1.807, 2.05) is 6.07 Å². The molecular formula is C22H31N3OS. The quantitative estimate of drug-likeness (QED) is 0.792. The van der Waals surface area contributed by atoms with Gasteiger partial charge in [0.1, 0.15) is 0 Å². The molecule has 1 fully saturated rings. The topological polar surface area (TPSA) is 35.6 Å². The van der Waals surface area contributed by atoms with Crippen LogP contribution in [0.4, 0.5) is 0 Å². The second-order valence-electron chi connectivity index (χ2n) is 7.90. The van der Waals surface area contributed by atoms with Crippen molar-refractivity contribution in [3.8, 4) is 0 Å². The molecule has 1 atom stereocenters. The fraction of sp³-hybridized carbons (Fsp3) is 0.500. The van der Waals surface area contributed by atoms with Gasteiger partial charge in [0.15, 0.2) is 0 Å². The zero-order valence-corrected chi connectivity index (χ0v) is 17.5. The number of carbonyl (C=O) groups excluding carboxylic acids is 1. The number of hydrogen-bond acceptors (Lipinski definition) is 4. The van der Waals surface area contributed by atoms with Crippen molar-refractivity contribution in [3.05, 3.63) is 57.8 Å². The minimum Gasteiger partial charge on any atom is -0.343 e. The standard InChI is InChI=1S/C22H31N3OS/c1-17(2)15-24-10-12-25(13-11-24)16-21(26)23-22(20-5-4-14-27-20)19-8-6-18(3)7-9-19/h4-9,14,17,22H,10-13,15-16H2,1-3H3,(H,23,26). The Morgan fingerprint density at radius 1 is 1.07 bits per heavy atom. The summed E-state index contributed by atoms with van der Waals surface area (Å²) in [6, 6.07) is 12.5. The molecule has 1 N–H and O–H groups in total. The maximum Gasteiger partial charge on any atom is 0.234 e. The first-order valence-corrected chi connectivity index (χ1v) is 10.7. The molecule has 0 radical (unpaired) electrons. The Balaban J connectivity index is 1.58. The van der Waals surface area contributed by atoms with E-state index >= 15 is 0 Å². The van der Waals surface area contributed by atoms with Gasteiger partial charge in [0, 0.05) is 37.6 Å². The normalized spacial score (nSPS) is 17.2. The van der Waals surface area contributed by atoms with Gasteiger partial charge in [0.05, 0.1) is 12.6 Å². The number of thiophene rings is 1. The van der Waals surface area contributed by atoms with Crippen molar-refractivity contribution in [1.29, 1.82) is 0 Å². The molecule has 2 aromatic rings. The van der Waals surface area contributed by atoms with Gasteiger partial charge in [0.25, 0.3) is 0 Å². The van der Waals surface area contributed by atoms with E-state index in [1.54, 1.807) is 11.3 Å². The molecule has 0 bridgehead atoms. The van der Waals surface area contributed by atoms with Crippen LogP contribution in [0.15, 0.2) is 41.8 Å². The van der Waals surface area contributed by atoms with Crippen LogP contribution in [-0.2, 0) is 4.79 Å². The fourth-order valence-corrected chi connectivity index (χ4v) is 4.39. The highest BCUT2D eigenvalue weighted by Gasteiger charge is 2.22. The highest BCUT2D eigenvalue weighted by Crippen LogP contribution is 2.26. The number of nitrogens with one attached hydrogen (secondary N) is 1. The van der Waals surface area contributed by atoms with E-state index in [1.165, 1.54) is 10.4 Å². The lowest BCUT2D eigenvalue weighted by Gasteiger charge is -2.35. The molecule has 4 nitrogen and oxygen atoms in total. The summed E-state index contributed by atoms with van der Waals surface area (Å²) in [5.41, 5.74) is 2.37. The van der Waals surface area contributed by atoms with Crippen LogP contribution < -0.4 is 5.32 Å². The average Bonchev–Trinajstić information content (AvgIpc) is 3.16.